The normalized spacial score (nSPS) is 15.9. The number of nitrogen functional groups attached to an aromatic ring is 1. The summed E-state index contributed by atoms with van der Waals surface area (Å²) in [5, 5.41) is 19.1. The van der Waals surface area contributed by atoms with E-state index in [1.807, 2.05) is 6.92 Å². The van der Waals surface area contributed by atoms with Crippen molar-refractivity contribution in [2.75, 3.05) is 12.3 Å². The van der Waals surface area contributed by atoms with Crippen LogP contribution in [0.1, 0.15) is 25.1 Å². The van der Waals surface area contributed by atoms with Crippen LogP contribution >= 0.6 is 0 Å². The highest BCUT2D eigenvalue weighted by Crippen LogP contribution is 2.28. The Hall–Kier alpha value is -3.18. The molecule has 148 valence electrons. The molecule has 5 N–H and O–H groups in total. The molecule has 1 heterocycles. The van der Waals surface area contributed by atoms with Gasteiger partial charge in [-0.15, -0.1) is 0 Å². The monoisotopic (exact) mass is 405 g/mol. The van der Waals surface area contributed by atoms with Crippen molar-refractivity contribution in [3.8, 4) is 5.75 Å². The molecule has 0 radical (unpaired) electrons. The van der Waals surface area contributed by atoms with Gasteiger partial charge in [-0.1, -0.05) is 25.1 Å². The molecule has 2 aromatic carbocycles. The predicted octanol–water partition coefficient (Wildman–Crippen LogP) is 0.242. The minimum Gasteiger partial charge on any atom is -0.493 e. The van der Waals surface area contributed by atoms with Crippen molar-refractivity contribution in [3.05, 3.63) is 62.7 Å². The van der Waals surface area contributed by atoms with Gasteiger partial charge in [-0.2, -0.15) is 0 Å². The summed E-state index contributed by atoms with van der Waals surface area (Å²) in [7, 11) is -4.22. The Morgan fingerprint density at radius 2 is 2.04 bits per heavy atom. The van der Waals surface area contributed by atoms with E-state index in [4.69, 9.17) is 15.6 Å². The molecule has 0 fully saturated rings. The van der Waals surface area contributed by atoms with E-state index in [0.717, 1.165) is 12.5 Å². The molecule has 11 heteroatoms. The van der Waals surface area contributed by atoms with Gasteiger partial charge in [0.05, 0.1) is 16.9 Å². The SMILES string of the molecule is CCCOc1ccccc1C1N=c2cc(N)c([N+](=O)[O-])cc2=C(S(N)(=O)=O)N1. The van der Waals surface area contributed by atoms with Crippen LogP contribution in [0.2, 0.25) is 0 Å². The van der Waals surface area contributed by atoms with E-state index in [9.17, 15) is 18.5 Å². The quantitative estimate of drug-likeness (QED) is 0.352. The van der Waals surface area contributed by atoms with Gasteiger partial charge >= 0.3 is 0 Å². The first-order valence-corrected chi connectivity index (χ1v) is 9.94. The van der Waals surface area contributed by atoms with Crippen molar-refractivity contribution in [2.24, 2.45) is 10.1 Å². The fraction of sp³-hybridized carbons (Fsp3) is 0.235. The molecule has 0 bridgehead atoms. The molecule has 1 aliphatic heterocycles. The maximum absolute atomic E-state index is 12.2. The summed E-state index contributed by atoms with van der Waals surface area (Å²) in [5.41, 5.74) is 5.78. The van der Waals surface area contributed by atoms with Gasteiger partial charge in [-0.25, -0.2) is 13.6 Å². The van der Waals surface area contributed by atoms with Gasteiger partial charge in [0, 0.05) is 16.8 Å². The van der Waals surface area contributed by atoms with E-state index >= 15 is 0 Å². The van der Waals surface area contributed by atoms with Crippen molar-refractivity contribution in [3.63, 3.8) is 0 Å². The second-order valence-electron chi connectivity index (χ2n) is 6.12. The highest BCUT2D eigenvalue weighted by Gasteiger charge is 2.27. The molecule has 1 atom stereocenters. The minimum absolute atomic E-state index is 0.00777. The summed E-state index contributed by atoms with van der Waals surface area (Å²) in [6, 6.07) is 9.36. The number of sulfonamides is 1. The standard InChI is InChI=1S/C17H19N5O5S/c1-2-7-27-15-6-4-3-5-10(15)16-20-13-9-12(18)14(22(23)24)8-11(13)17(21-16)28(19,25)26/h3-6,8-9,16,21H,2,7,18H2,1H3,(H2,19,25,26). The molecule has 0 saturated carbocycles. The van der Waals surface area contributed by atoms with Gasteiger partial charge in [0.25, 0.3) is 15.7 Å². The number of nitrogens with zero attached hydrogens (tertiary/aromatic N) is 2. The number of fused-ring (bicyclic) bond motifs is 1. The number of anilines is 1. The molecule has 3 rings (SSSR count). The highest BCUT2D eigenvalue weighted by molar-refractivity contribution is 7.98. The second kappa shape index (κ2) is 7.44. The van der Waals surface area contributed by atoms with Gasteiger partial charge in [-0.05, 0) is 18.6 Å². The molecule has 0 spiro atoms. The van der Waals surface area contributed by atoms with Crippen LogP contribution in [-0.4, -0.2) is 19.9 Å². The lowest BCUT2D eigenvalue weighted by atomic mass is 10.1. The van der Waals surface area contributed by atoms with Crippen molar-refractivity contribution >= 4 is 26.4 Å². The van der Waals surface area contributed by atoms with Gasteiger partial charge in [-0.3, -0.25) is 15.1 Å². The summed E-state index contributed by atoms with van der Waals surface area (Å²) < 4.78 is 30.0. The van der Waals surface area contributed by atoms with Crippen LogP contribution in [0.15, 0.2) is 41.4 Å². The number of hydrogen-bond acceptors (Lipinski definition) is 8. The first-order chi connectivity index (χ1) is 13.2. The highest BCUT2D eigenvalue weighted by atomic mass is 32.2. The van der Waals surface area contributed by atoms with Crippen molar-refractivity contribution in [1.82, 2.24) is 5.32 Å². The van der Waals surface area contributed by atoms with E-state index in [1.54, 1.807) is 24.3 Å². The number of hydrogen-bond donors (Lipinski definition) is 3. The fourth-order valence-corrected chi connectivity index (χ4v) is 3.59. The van der Waals surface area contributed by atoms with Crippen molar-refractivity contribution < 1.29 is 18.1 Å². The zero-order chi connectivity index (χ0) is 20.5. The van der Waals surface area contributed by atoms with Crippen LogP contribution < -0.4 is 31.5 Å². The summed E-state index contributed by atoms with van der Waals surface area (Å²) in [4.78, 5) is 14.9. The van der Waals surface area contributed by atoms with E-state index in [0.29, 0.717) is 17.9 Å². The van der Waals surface area contributed by atoms with Gasteiger partial charge in [0.2, 0.25) is 0 Å². The van der Waals surface area contributed by atoms with Gasteiger partial charge in [0.1, 0.15) is 17.6 Å². The summed E-state index contributed by atoms with van der Waals surface area (Å²) >= 11 is 0. The third-order valence-corrected chi connectivity index (χ3v) is 4.99. The zero-order valence-corrected chi connectivity index (χ0v) is 15.8. The average Bonchev–Trinajstić information content (AvgIpc) is 2.64. The molecular formula is C17H19N5O5S. The lowest BCUT2D eigenvalue weighted by Crippen LogP contribution is -2.44. The summed E-state index contributed by atoms with van der Waals surface area (Å²) in [6.45, 7) is 2.44. The van der Waals surface area contributed by atoms with Crippen LogP contribution in [0.5, 0.6) is 5.75 Å². The van der Waals surface area contributed by atoms with Crippen molar-refractivity contribution in [1.29, 1.82) is 0 Å². The average molecular weight is 405 g/mol. The smallest absolute Gasteiger partial charge is 0.292 e. The van der Waals surface area contributed by atoms with E-state index in [2.05, 4.69) is 10.3 Å². The van der Waals surface area contributed by atoms with E-state index in [1.165, 1.54) is 6.07 Å². The molecule has 0 aliphatic carbocycles. The maximum atomic E-state index is 12.2. The minimum atomic E-state index is -4.22. The number of nitrogens with two attached hydrogens (primary N) is 2. The van der Waals surface area contributed by atoms with Gasteiger partial charge < -0.3 is 15.8 Å². The molecule has 1 unspecified atom stereocenters. The van der Waals surface area contributed by atoms with Crippen LogP contribution in [0.4, 0.5) is 11.4 Å². The van der Waals surface area contributed by atoms with Gasteiger partial charge in [0.15, 0.2) is 5.03 Å². The molecule has 0 amide bonds. The number of benzene rings is 2. The number of rotatable bonds is 6. The second-order valence-corrected chi connectivity index (χ2v) is 7.62. The van der Waals surface area contributed by atoms with Crippen LogP contribution in [0, 0.1) is 10.1 Å². The third-order valence-electron chi connectivity index (χ3n) is 4.08. The number of nitro groups is 1. The molecular weight excluding hydrogens is 386 g/mol. The number of ether oxygens (including phenoxy) is 1. The Morgan fingerprint density at radius 3 is 2.68 bits per heavy atom. The summed E-state index contributed by atoms with van der Waals surface area (Å²) in [6.07, 6.45) is -0.0315. The van der Waals surface area contributed by atoms with Crippen LogP contribution in [0.3, 0.4) is 0 Å². The topological polar surface area (TPSA) is 163 Å². The Kier molecular flexibility index (Phi) is 5.21. The van der Waals surface area contributed by atoms with Crippen LogP contribution in [-0.2, 0) is 10.0 Å². The largest absolute Gasteiger partial charge is 0.493 e. The molecule has 0 aromatic heterocycles. The molecule has 28 heavy (non-hydrogen) atoms. The van der Waals surface area contributed by atoms with E-state index in [-0.39, 0.29) is 21.3 Å². The molecule has 0 saturated heterocycles. The first-order valence-electron chi connectivity index (χ1n) is 8.39. The maximum Gasteiger partial charge on any atom is 0.292 e. The number of para-hydroxylation sites is 1. The predicted molar refractivity (Wildman–Crippen MR) is 103 cm³/mol. The summed E-state index contributed by atoms with van der Waals surface area (Å²) in [5.74, 6) is 0.540. The van der Waals surface area contributed by atoms with Crippen molar-refractivity contribution in [2.45, 2.75) is 19.5 Å². The number of nitrogens with one attached hydrogen (secondary N) is 1. The lowest BCUT2D eigenvalue weighted by Gasteiger charge is -2.23. The number of primary sulfonamides is 1. The lowest BCUT2D eigenvalue weighted by molar-refractivity contribution is -0.384. The Bertz CT molecular complexity index is 1160. The fourth-order valence-electron chi connectivity index (χ4n) is 2.85. The molecule has 1 aliphatic rings. The van der Waals surface area contributed by atoms with E-state index < -0.39 is 26.8 Å². The first kappa shape index (κ1) is 19.6. The zero-order valence-electron chi connectivity index (χ0n) is 15.0. The third kappa shape index (κ3) is 3.75. The Morgan fingerprint density at radius 1 is 1.32 bits per heavy atom. The van der Waals surface area contributed by atoms with Crippen LogP contribution in [0.25, 0.3) is 5.03 Å². The molecule has 10 nitrogen and oxygen atoms in total. The number of nitro benzene ring substituents is 1. The Balaban J connectivity index is 2.24. The Labute approximate surface area is 160 Å². The molecule has 2 aromatic rings.